The van der Waals surface area contributed by atoms with Crippen molar-refractivity contribution in [1.29, 1.82) is 0 Å². The van der Waals surface area contributed by atoms with Gasteiger partial charge >= 0.3 is 0 Å². The summed E-state index contributed by atoms with van der Waals surface area (Å²) in [6.45, 7) is 4.56. The second kappa shape index (κ2) is 12.9. The summed E-state index contributed by atoms with van der Waals surface area (Å²) in [7, 11) is 1.80. The lowest BCUT2D eigenvalue weighted by molar-refractivity contribution is 0.0277. The van der Waals surface area contributed by atoms with Gasteiger partial charge in [-0.3, -0.25) is 4.99 Å². The average Bonchev–Trinajstić information content (AvgIpc) is 3.06. The predicted octanol–water partition coefficient (Wildman–Crippen LogP) is 3.73. The number of nitrogens with one attached hydrogen (secondary N) is 2. The molecule has 0 spiro atoms. The van der Waals surface area contributed by atoms with Crippen LogP contribution >= 0.6 is 35.3 Å². The van der Waals surface area contributed by atoms with Gasteiger partial charge in [0.2, 0.25) is 0 Å². The molecule has 24 heavy (non-hydrogen) atoms. The molecule has 0 radical (unpaired) electrons. The first kappa shape index (κ1) is 21.6. The Kier molecular flexibility index (Phi) is 11.6. The molecule has 5 nitrogen and oxygen atoms in total. The van der Waals surface area contributed by atoms with Crippen molar-refractivity contribution in [3.05, 3.63) is 16.1 Å². The molecule has 0 aromatic carbocycles. The maximum absolute atomic E-state index is 5.93. The third kappa shape index (κ3) is 8.11. The number of aliphatic imine (C=N–C) groups is 1. The highest BCUT2D eigenvalue weighted by Gasteiger charge is 2.12. The topological polar surface area (TPSA) is 58.5 Å². The van der Waals surface area contributed by atoms with E-state index in [-0.39, 0.29) is 24.0 Å². The lowest BCUT2D eigenvalue weighted by atomic mass is 9.98. The third-order valence-corrected chi connectivity index (χ3v) is 5.12. The van der Waals surface area contributed by atoms with Gasteiger partial charge in [-0.05, 0) is 25.7 Å². The molecule has 1 aromatic heterocycles. The lowest BCUT2D eigenvalue weighted by Crippen LogP contribution is -2.37. The van der Waals surface area contributed by atoms with E-state index in [1.807, 2.05) is 0 Å². The van der Waals surface area contributed by atoms with Crippen LogP contribution in [0.5, 0.6) is 0 Å². The molecular weight excluding hydrogens is 435 g/mol. The molecule has 2 N–H and O–H groups in total. The van der Waals surface area contributed by atoms with E-state index in [0.29, 0.717) is 6.10 Å². The van der Waals surface area contributed by atoms with Crippen LogP contribution < -0.4 is 10.6 Å². The van der Waals surface area contributed by atoms with Crippen molar-refractivity contribution in [1.82, 2.24) is 15.6 Å². The Morgan fingerprint density at radius 2 is 2.12 bits per heavy atom. The van der Waals surface area contributed by atoms with Crippen LogP contribution in [0.3, 0.4) is 0 Å². The summed E-state index contributed by atoms with van der Waals surface area (Å²) in [4.78, 5) is 8.80. The highest BCUT2D eigenvalue weighted by Crippen LogP contribution is 2.20. The SMILES string of the molecule is CCc1nc(CNC(=NC)NCCCOC2CCCCC2)cs1.I. The van der Waals surface area contributed by atoms with E-state index >= 15 is 0 Å². The molecule has 0 atom stereocenters. The maximum Gasteiger partial charge on any atom is 0.191 e. The molecule has 1 saturated carbocycles. The number of rotatable bonds is 8. The van der Waals surface area contributed by atoms with Crippen molar-refractivity contribution in [2.45, 2.75) is 64.5 Å². The zero-order valence-corrected chi connectivity index (χ0v) is 18.0. The first-order chi connectivity index (χ1) is 11.3. The summed E-state index contributed by atoms with van der Waals surface area (Å²) in [6, 6.07) is 0. The lowest BCUT2D eigenvalue weighted by Gasteiger charge is -2.22. The van der Waals surface area contributed by atoms with Crippen molar-refractivity contribution in [2.24, 2.45) is 4.99 Å². The highest BCUT2D eigenvalue weighted by atomic mass is 127. The quantitative estimate of drug-likeness (QED) is 0.265. The van der Waals surface area contributed by atoms with Gasteiger partial charge in [0, 0.05) is 25.6 Å². The highest BCUT2D eigenvalue weighted by molar-refractivity contribution is 14.0. The summed E-state index contributed by atoms with van der Waals surface area (Å²) < 4.78 is 5.93. The van der Waals surface area contributed by atoms with Crippen molar-refractivity contribution >= 4 is 41.3 Å². The van der Waals surface area contributed by atoms with Gasteiger partial charge in [0.1, 0.15) is 0 Å². The van der Waals surface area contributed by atoms with Crippen LogP contribution in [-0.2, 0) is 17.7 Å². The standard InChI is InChI=1S/C17H30N4OS.HI/c1-3-16-21-14(13-23-16)12-20-17(18-2)19-10-7-11-22-15-8-5-4-6-9-15;/h13,15H,3-12H2,1-2H3,(H2,18,19,20);1H. The first-order valence-electron chi connectivity index (χ1n) is 8.81. The van der Waals surface area contributed by atoms with Gasteiger partial charge in [-0.15, -0.1) is 35.3 Å². The Morgan fingerprint density at radius 1 is 1.33 bits per heavy atom. The minimum Gasteiger partial charge on any atom is -0.378 e. The van der Waals surface area contributed by atoms with Crippen molar-refractivity contribution < 1.29 is 4.74 Å². The molecule has 1 aliphatic carbocycles. The van der Waals surface area contributed by atoms with Crippen LogP contribution in [0.25, 0.3) is 0 Å². The molecule has 0 bridgehead atoms. The van der Waals surface area contributed by atoms with E-state index in [1.54, 1.807) is 18.4 Å². The van der Waals surface area contributed by atoms with Gasteiger partial charge < -0.3 is 15.4 Å². The molecule has 1 aromatic rings. The zero-order valence-electron chi connectivity index (χ0n) is 14.8. The van der Waals surface area contributed by atoms with E-state index in [2.05, 4.69) is 32.9 Å². The van der Waals surface area contributed by atoms with E-state index in [4.69, 9.17) is 4.74 Å². The molecule has 7 heteroatoms. The number of aromatic nitrogens is 1. The fraction of sp³-hybridized carbons (Fsp3) is 0.765. The van der Waals surface area contributed by atoms with E-state index < -0.39 is 0 Å². The molecule has 1 fully saturated rings. The second-order valence-corrected chi connectivity index (χ2v) is 6.87. The second-order valence-electron chi connectivity index (χ2n) is 5.92. The normalized spacial score (nSPS) is 15.8. The molecule has 138 valence electrons. The van der Waals surface area contributed by atoms with Crippen molar-refractivity contribution in [3.8, 4) is 0 Å². The molecule has 2 rings (SSSR count). The number of halogens is 1. The van der Waals surface area contributed by atoms with Gasteiger partial charge in [0.05, 0.1) is 23.4 Å². The number of ether oxygens (including phenoxy) is 1. The minimum atomic E-state index is 0. The number of guanidine groups is 1. The van der Waals surface area contributed by atoms with Crippen LogP contribution in [0, 0.1) is 0 Å². The molecule has 1 aliphatic rings. The molecular formula is C17H31IN4OS. The van der Waals surface area contributed by atoms with E-state index in [9.17, 15) is 0 Å². The minimum absolute atomic E-state index is 0. The number of hydrogen-bond donors (Lipinski definition) is 2. The molecule has 0 saturated heterocycles. The summed E-state index contributed by atoms with van der Waals surface area (Å²) in [6.07, 6.45) is 9.02. The fourth-order valence-corrected chi connectivity index (χ4v) is 3.49. The summed E-state index contributed by atoms with van der Waals surface area (Å²) in [5.41, 5.74) is 1.08. The Hall–Kier alpha value is -0.410. The van der Waals surface area contributed by atoms with Crippen LogP contribution in [0.15, 0.2) is 10.4 Å². The van der Waals surface area contributed by atoms with Gasteiger partial charge in [-0.1, -0.05) is 26.2 Å². The Balaban J connectivity index is 0.00000288. The van der Waals surface area contributed by atoms with Gasteiger partial charge in [0.25, 0.3) is 0 Å². The Labute approximate surface area is 167 Å². The van der Waals surface area contributed by atoms with Gasteiger partial charge in [0.15, 0.2) is 5.96 Å². The maximum atomic E-state index is 5.93. The van der Waals surface area contributed by atoms with Crippen molar-refractivity contribution in [3.63, 3.8) is 0 Å². The largest absolute Gasteiger partial charge is 0.378 e. The molecule has 0 unspecified atom stereocenters. The van der Waals surface area contributed by atoms with Crippen LogP contribution in [0.4, 0.5) is 0 Å². The zero-order chi connectivity index (χ0) is 16.3. The third-order valence-electron chi connectivity index (χ3n) is 4.08. The van der Waals surface area contributed by atoms with E-state index in [0.717, 1.165) is 44.2 Å². The Morgan fingerprint density at radius 3 is 2.79 bits per heavy atom. The first-order valence-corrected chi connectivity index (χ1v) is 9.69. The van der Waals surface area contributed by atoms with Crippen molar-refractivity contribution in [2.75, 3.05) is 20.2 Å². The number of aryl methyl sites for hydroxylation is 1. The predicted molar refractivity (Wildman–Crippen MR) is 113 cm³/mol. The molecule has 0 amide bonds. The summed E-state index contributed by atoms with van der Waals surface area (Å²) in [5.74, 6) is 0.828. The molecule has 0 aliphatic heterocycles. The van der Waals surface area contributed by atoms with Gasteiger partial charge in [-0.25, -0.2) is 4.98 Å². The van der Waals surface area contributed by atoms with E-state index in [1.165, 1.54) is 37.1 Å². The summed E-state index contributed by atoms with van der Waals surface area (Å²) in [5, 5.41) is 9.93. The van der Waals surface area contributed by atoms with Crippen LogP contribution in [0.1, 0.15) is 56.2 Å². The monoisotopic (exact) mass is 466 g/mol. The Bertz CT molecular complexity index is 475. The number of hydrogen-bond acceptors (Lipinski definition) is 4. The van der Waals surface area contributed by atoms with Crippen LogP contribution in [0.2, 0.25) is 0 Å². The fourth-order valence-electron chi connectivity index (χ4n) is 2.75. The number of nitrogens with zero attached hydrogens (tertiary/aromatic N) is 2. The summed E-state index contributed by atoms with van der Waals surface area (Å²) >= 11 is 1.72. The average molecular weight is 466 g/mol. The number of thiazole rings is 1. The van der Waals surface area contributed by atoms with Crippen LogP contribution in [-0.4, -0.2) is 37.2 Å². The molecule has 1 heterocycles. The van der Waals surface area contributed by atoms with Gasteiger partial charge in [-0.2, -0.15) is 0 Å². The smallest absolute Gasteiger partial charge is 0.191 e.